The molecule has 1 atom stereocenters. The lowest BCUT2D eigenvalue weighted by Gasteiger charge is -2.47. The second-order valence-electron chi connectivity index (χ2n) is 7.65. The van der Waals surface area contributed by atoms with Crippen LogP contribution in [0.1, 0.15) is 44.6 Å². The molecule has 0 radical (unpaired) electrons. The third kappa shape index (κ3) is 2.93. The van der Waals surface area contributed by atoms with Gasteiger partial charge in [0, 0.05) is 42.2 Å². The van der Waals surface area contributed by atoms with E-state index >= 15 is 0 Å². The van der Waals surface area contributed by atoms with Gasteiger partial charge in [-0.15, -0.1) is 0 Å². The van der Waals surface area contributed by atoms with Crippen molar-refractivity contribution in [1.82, 2.24) is 19.3 Å². The maximum atomic E-state index is 12.3. The van der Waals surface area contributed by atoms with Gasteiger partial charge in [-0.05, 0) is 42.4 Å². The highest BCUT2D eigenvalue weighted by atomic mass is 32.2. The van der Waals surface area contributed by atoms with Gasteiger partial charge in [0.1, 0.15) is 5.65 Å². The van der Waals surface area contributed by atoms with Crippen molar-refractivity contribution in [3.05, 3.63) is 36.3 Å². The molecule has 1 saturated heterocycles. The second kappa shape index (κ2) is 6.56. The predicted molar refractivity (Wildman–Crippen MR) is 108 cm³/mol. The summed E-state index contributed by atoms with van der Waals surface area (Å²) in [6, 6.07) is 4.11. The molecule has 1 aliphatic heterocycles. The molecule has 4 rings (SSSR count). The fourth-order valence-corrected chi connectivity index (χ4v) is 5.65. The molecule has 0 spiro atoms. The Balaban J connectivity index is 1.96. The van der Waals surface area contributed by atoms with E-state index in [-0.39, 0.29) is 11.3 Å². The van der Waals surface area contributed by atoms with Crippen LogP contribution in [-0.4, -0.2) is 47.0 Å². The van der Waals surface area contributed by atoms with Crippen LogP contribution in [0.25, 0.3) is 21.9 Å². The molecule has 0 aromatic carbocycles. The third-order valence-corrected chi connectivity index (χ3v) is 7.83. The topological polar surface area (TPSA) is 79.0 Å². The Morgan fingerprint density at radius 1 is 1.26 bits per heavy atom. The number of piperidine rings is 1. The number of pyridine rings is 2. The fourth-order valence-electron chi connectivity index (χ4n) is 4.81. The van der Waals surface area contributed by atoms with Crippen LogP contribution in [0.5, 0.6) is 0 Å². The van der Waals surface area contributed by atoms with Crippen molar-refractivity contribution in [2.75, 3.05) is 19.3 Å². The number of hydrogen-bond donors (Lipinski definition) is 1. The van der Waals surface area contributed by atoms with Gasteiger partial charge in [-0.3, -0.25) is 4.98 Å². The molecule has 0 saturated carbocycles. The molecule has 0 amide bonds. The number of rotatable bonds is 4. The Hall–Kier alpha value is -1.99. The Morgan fingerprint density at radius 2 is 2.04 bits per heavy atom. The summed E-state index contributed by atoms with van der Waals surface area (Å²) in [7, 11) is -3.22. The van der Waals surface area contributed by atoms with E-state index in [1.807, 2.05) is 18.5 Å². The van der Waals surface area contributed by atoms with E-state index in [0.29, 0.717) is 13.1 Å². The van der Waals surface area contributed by atoms with Crippen molar-refractivity contribution in [2.24, 2.45) is 5.41 Å². The van der Waals surface area contributed by atoms with E-state index in [0.717, 1.165) is 41.2 Å². The summed E-state index contributed by atoms with van der Waals surface area (Å²) < 4.78 is 26.2. The maximum absolute atomic E-state index is 12.3. The number of aromatic amines is 1. The lowest BCUT2D eigenvalue weighted by molar-refractivity contribution is 0.109. The predicted octanol–water partition coefficient (Wildman–Crippen LogP) is 3.67. The Kier molecular flexibility index (Phi) is 4.47. The highest BCUT2D eigenvalue weighted by Crippen LogP contribution is 2.50. The fraction of sp³-hybridized carbons (Fsp3) is 0.500. The van der Waals surface area contributed by atoms with Crippen LogP contribution in [0.3, 0.4) is 0 Å². The molecule has 4 heterocycles. The van der Waals surface area contributed by atoms with Crippen molar-refractivity contribution in [1.29, 1.82) is 0 Å². The number of aromatic nitrogens is 3. The summed E-state index contributed by atoms with van der Waals surface area (Å²) in [5.74, 6) is 0.127. The van der Waals surface area contributed by atoms with Gasteiger partial charge in [-0.1, -0.05) is 13.8 Å². The first kappa shape index (κ1) is 18.4. The van der Waals surface area contributed by atoms with Crippen LogP contribution in [0, 0.1) is 5.41 Å². The van der Waals surface area contributed by atoms with E-state index in [1.165, 1.54) is 11.8 Å². The molecule has 6 nitrogen and oxygen atoms in total. The van der Waals surface area contributed by atoms with Crippen molar-refractivity contribution in [3.8, 4) is 0 Å². The molecule has 27 heavy (non-hydrogen) atoms. The average molecular weight is 387 g/mol. The molecular weight excluding hydrogens is 360 g/mol. The molecule has 1 fully saturated rings. The molecule has 1 aliphatic rings. The Labute approximate surface area is 160 Å². The first-order chi connectivity index (χ1) is 12.9. The summed E-state index contributed by atoms with van der Waals surface area (Å²) in [6.07, 6.45) is 9.76. The van der Waals surface area contributed by atoms with E-state index in [1.54, 1.807) is 10.5 Å². The van der Waals surface area contributed by atoms with Crippen molar-refractivity contribution in [3.63, 3.8) is 0 Å². The monoisotopic (exact) mass is 386 g/mol. The highest BCUT2D eigenvalue weighted by molar-refractivity contribution is 7.88. The second-order valence-corrected chi connectivity index (χ2v) is 9.63. The quantitative estimate of drug-likeness (QED) is 0.742. The van der Waals surface area contributed by atoms with Crippen LogP contribution in [0.2, 0.25) is 0 Å². The minimum Gasteiger partial charge on any atom is -0.346 e. The lowest BCUT2D eigenvalue weighted by atomic mass is 9.64. The van der Waals surface area contributed by atoms with Gasteiger partial charge in [-0.25, -0.2) is 17.7 Å². The number of nitrogens with zero attached hydrogens (tertiary/aromatic N) is 3. The zero-order chi connectivity index (χ0) is 19.2. The van der Waals surface area contributed by atoms with E-state index < -0.39 is 10.0 Å². The molecule has 3 aromatic heterocycles. The Bertz CT molecular complexity index is 1090. The highest BCUT2D eigenvalue weighted by Gasteiger charge is 2.43. The van der Waals surface area contributed by atoms with Crippen LogP contribution < -0.4 is 0 Å². The van der Waals surface area contributed by atoms with Crippen LogP contribution in [0.15, 0.2) is 30.7 Å². The van der Waals surface area contributed by atoms with E-state index in [2.05, 4.69) is 34.9 Å². The number of sulfonamides is 1. The van der Waals surface area contributed by atoms with Gasteiger partial charge in [-0.2, -0.15) is 0 Å². The first-order valence-corrected chi connectivity index (χ1v) is 11.4. The summed E-state index contributed by atoms with van der Waals surface area (Å²) in [5.41, 5.74) is 2.97. The number of H-pyrrole nitrogens is 1. The minimum atomic E-state index is -3.22. The number of nitrogens with one attached hydrogen (secondary N) is 1. The normalized spacial score (nSPS) is 21.1. The van der Waals surface area contributed by atoms with Gasteiger partial charge in [0.15, 0.2) is 0 Å². The zero-order valence-electron chi connectivity index (χ0n) is 16.1. The van der Waals surface area contributed by atoms with Crippen molar-refractivity contribution >= 4 is 32.0 Å². The molecule has 0 bridgehead atoms. The lowest BCUT2D eigenvalue weighted by Crippen LogP contribution is -2.47. The van der Waals surface area contributed by atoms with Crippen molar-refractivity contribution in [2.45, 2.75) is 39.0 Å². The zero-order valence-corrected chi connectivity index (χ0v) is 16.9. The van der Waals surface area contributed by atoms with Crippen molar-refractivity contribution < 1.29 is 8.42 Å². The summed E-state index contributed by atoms with van der Waals surface area (Å²) >= 11 is 0. The smallest absolute Gasteiger partial charge is 0.211 e. The molecule has 0 aliphatic carbocycles. The number of hydrogen-bond acceptors (Lipinski definition) is 4. The summed E-state index contributed by atoms with van der Waals surface area (Å²) in [5, 5.41) is 2.14. The average Bonchev–Trinajstić information content (AvgIpc) is 3.15. The first-order valence-electron chi connectivity index (χ1n) is 9.55. The van der Waals surface area contributed by atoms with Crippen LogP contribution in [0.4, 0.5) is 0 Å². The summed E-state index contributed by atoms with van der Waals surface area (Å²) in [4.78, 5) is 12.2. The molecule has 3 aromatic rings. The molecule has 1 N–H and O–H groups in total. The van der Waals surface area contributed by atoms with Crippen LogP contribution in [-0.2, 0) is 10.0 Å². The molecular formula is C20H26N4O2S. The van der Waals surface area contributed by atoms with Gasteiger partial charge in [0.2, 0.25) is 10.0 Å². The van der Waals surface area contributed by atoms with Gasteiger partial charge in [0.05, 0.1) is 18.0 Å². The van der Waals surface area contributed by atoms with E-state index in [9.17, 15) is 8.42 Å². The maximum Gasteiger partial charge on any atom is 0.211 e. The molecule has 1 unspecified atom stereocenters. The Morgan fingerprint density at radius 3 is 2.74 bits per heavy atom. The van der Waals surface area contributed by atoms with E-state index in [4.69, 9.17) is 0 Å². The molecule has 144 valence electrons. The largest absolute Gasteiger partial charge is 0.346 e. The standard InChI is InChI=1S/C20H26N4O2S/c1-4-20(5-2)8-11-24(27(3,25)26)13-16(20)14-6-9-21-17-12-23-19-15(18(14)17)7-10-22-19/h6-7,9-10,12,16H,4-5,8,11,13H2,1-3H3,(H,22,23). The van der Waals surface area contributed by atoms with Crippen LogP contribution >= 0.6 is 0 Å². The number of fused-ring (bicyclic) bond motifs is 3. The summed E-state index contributed by atoms with van der Waals surface area (Å²) in [6.45, 7) is 5.57. The van der Waals surface area contributed by atoms with Gasteiger partial charge >= 0.3 is 0 Å². The van der Waals surface area contributed by atoms with Gasteiger partial charge < -0.3 is 4.98 Å². The molecule has 7 heteroatoms. The minimum absolute atomic E-state index is 0.0847. The SMILES string of the molecule is CCC1(CC)CCN(S(C)(=O)=O)CC1c1ccnc2cnc3[nH]ccc3c12. The third-order valence-electron chi connectivity index (χ3n) is 6.56. The van der Waals surface area contributed by atoms with Gasteiger partial charge in [0.25, 0.3) is 0 Å².